The van der Waals surface area contributed by atoms with Crippen LogP contribution in [-0.2, 0) is 14.3 Å². The van der Waals surface area contributed by atoms with Gasteiger partial charge in [-0.3, -0.25) is 9.59 Å². The highest BCUT2D eigenvalue weighted by Gasteiger charge is 2.32. The zero-order valence-corrected chi connectivity index (χ0v) is 10.4. The van der Waals surface area contributed by atoms with Gasteiger partial charge in [0.2, 0.25) is 5.91 Å². The molecule has 0 spiro atoms. The molecule has 1 amide bonds. The molecule has 0 atom stereocenters. The Bertz CT molecular complexity index is 541. The Hall–Kier alpha value is -1.88. The van der Waals surface area contributed by atoms with Crippen LogP contribution in [0.3, 0.4) is 0 Å². The summed E-state index contributed by atoms with van der Waals surface area (Å²) in [4.78, 5) is 35.8. The molecule has 0 N–H and O–H groups in total. The summed E-state index contributed by atoms with van der Waals surface area (Å²) in [6.45, 7) is -0.0629. The lowest BCUT2D eigenvalue weighted by Crippen LogP contribution is -2.27. The van der Waals surface area contributed by atoms with Crippen LogP contribution in [0.5, 0.6) is 0 Å². The fourth-order valence-corrected chi connectivity index (χ4v) is 2.13. The van der Waals surface area contributed by atoms with Gasteiger partial charge in [0.25, 0.3) is 0 Å². The second kappa shape index (κ2) is 4.78. The van der Waals surface area contributed by atoms with E-state index in [0.29, 0.717) is 0 Å². The molecule has 1 saturated heterocycles. The highest BCUT2D eigenvalue weighted by Crippen LogP contribution is 2.32. The van der Waals surface area contributed by atoms with E-state index in [1.54, 1.807) is 12.1 Å². The van der Waals surface area contributed by atoms with Gasteiger partial charge in [0.05, 0.1) is 36.3 Å². The second-order valence-corrected chi connectivity index (χ2v) is 4.23. The Labute approximate surface area is 108 Å². The van der Waals surface area contributed by atoms with Gasteiger partial charge in [-0.25, -0.2) is 4.79 Å². The number of Topliss-reactive ketones (excluding diaryl/α,β-unsaturated/α-hetero) is 1. The number of carbonyl (C=O) groups excluding carboxylic acids is 3. The maximum atomic E-state index is 11.7. The van der Waals surface area contributed by atoms with Crippen LogP contribution in [0.4, 0.5) is 5.69 Å². The number of methoxy groups -OCH3 is 1. The summed E-state index contributed by atoms with van der Waals surface area (Å²) in [7, 11) is 1.24. The highest BCUT2D eigenvalue weighted by atomic mass is 35.5. The Kier molecular flexibility index (Phi) is 3.34. The summed E-state index contributed by atoms with van der Waals surface area (Å²) < 4.78 is 4.63. The van der Waals surface area contributed by atoms with Crippen LogP contribution in [-0.4, -0.2) is 31.3 Å². The lowest BCUT2D eigenvalue weighted by Gasteiger charge is -2.19. The molecule has 0 aliphatic carbocycles. The first kappa shape index (κ1) is 12.6. The third-order valence-corrected chi connectivity index (χ3v) is 2.95. The SMILES string of the molecule is COC(=O)c1cccc(Cl)c1N1CC(=O)CC1=O. The number of halogens is 1. The van der Waals surface area contributed by atoms with Crippen molar-refractivity contribution in [2.75, 3.05) is 18.6 Å². The Morgan fingerprint density at radius 3 is 2.67 bits per heavy atom. The average Bonchev–Trinajstić information content (AvgIpc) is 2.67. The lowest BCUT2D eigenvalue weighted by molar-refractivity contribution is -0.121. The number of ketones is 1. The number of nitrogens with zero attached hydrogens (tertiary/aromatic N) is 1. The van der Waals surface area contributed by atoms with Crippen molar-refractivity contribution in [3.05, 3.63) is 28.8 Å². The number of rotatable bonds is 2. The van der Waals surface area contributed by atoms with Crippen molar-refractivity contribution < 1.29 is 19.1 Å². The zero-order valence-electron chi connectivity index (χ0n) is 9.60. The van der Waals surface area contributed by atoms with Crippen molar-refractivity contribution in [2.24, 2.45) is 0 Å². The van der Waals surface area contributed by atoms with E-state index in [-0.39, 0.29) is 40.9 Å². The van der Waals surface area contributed by atoms with Crippen LogP contribution in [0.2, 0.25) is 5.02 Å². The van der Waals surface area contributed by atoms with E-state index in [0.717, 1.165) is 0 Å². The molecule has 1 heterocycles. The lowest BCUT2D eigenvalue weighted by atomic mass is 10.1. The van der Waals surface area contributed by atoms with Gasteiger partial charge in [-0.05, 0) is 12.1 Å². The van der Waals surface area contributed by atoms with Crippen LogP contribution >= 0.6 is 11.6 Å². The molecule has 0 aromatic heterocycles. The molecule has 6 heteroatoms. The number of ether oxygens (including phenoxy) is 1. The normalized spacial score (nSPS) is 15.1. The Balaban J connectivity index is 2.52. The zero-order chi connectivity index (χ0) is 13.3. The molecule has 1 aromatic carbocycles. The molecule has 0 saturated carbocycles. The minimum Gasteiger partial charge on any atom is -0.465 e. The number of amides is 1. The van der Waals surface area contributed by atoms with Gasteiger partial charge in [0, 0.05) is 0 Å². The quantitative estimate of drug-likeness (QED) is 0.601. The van der Waals surface area contributed by atoms with E-state index in [4.69, 9.17) is 11.6 Å². The van der Waals surface area contributed by atoms with Gasteiger partial charge in [-0.1, -0.05) is 17.7 Å². The maximum Gasteiger partial charge on any atom is 0.340 e. The molecule has 2 rings (SSSR count). The first-order chi connectivity index (χ1) is 8.54. The van der Waals surface area contributed by atoms with Crippen LogP contribution < -0.4 is 4.90 Å². The standard InChI is InChI=1S/C12H10ClNO4/c1-18-12(17)8-3-2-4-9(13)11(8)14-6-7(15)5-10(14)16/h2-4H,5-6H2,1H3. The summed E-state index contributed by atoms with van der Waals surface area (Å²) >= 11 is 6.01. The van der Waals surface area contributed by atoms with Crippen LogP contribution in [0.25, 0.3) is 0 Å². The van der Waals surface area contributed by atoms with E-state index >= 15 is 0 Å². The fraction of sp³-hybridized carbons (Fsp3) is 0.250. The molecule has 0 radical (unpaired) electrons. The largest absolute Gasteiger partial charge is 0.465 e. The maximum absolute atomic E-state index is 11.7. The minimum absolute atomic E-state index is 0.0629. The van der Waals surface area contributed by atoms with Gasteiger partial charge >= 0.3 is 5.97 Å². The smallest absolute Gasteiger partial charge is 0.340 e. The number of benzene rings is 1. The van der Waals surface area contributed by atoms with E-state index in [9.17, 15) is 14.4 Å². The summed E-state index contributed by atoms with van der Waals surface area (Å²) in [5.74, 6) is -1.16. The van der Waals surface area contributed by atoms with E-state index in [1.165, 1.54) is 18.1 Å². The van der Waals surface area contributed by atoms with E-state index in [2.05, 4.69) is 4.74 Å². The summed E-state index contributed by atoms with van der Waals surface area (Å²) in [5, 5.41) is 0.237. The van der Waals surface area contributed by atoms with Crippen molar-refractivity contribution in [3.63, 3.8) is 0 Å². The van der Waals surface area contributed by atoms with Crippen molar-refractivity contribution in [3.8, 4) is 0 Å². The van der Waals surface area contributed by atoms with Crippen LogP contribution in [0, 0.1) is 0 Å². The molecule has 18 heavy (non-hydrogen) atoms. The first-order valence-corrected chi connectivity index (χ1v) is 5.61. The molecular formula is C12H10ClNO4. The molecule has 0 unspecified atom stereocenters. The predicted octanol–water partition coefficient (Wildman–Crippen LogP) is 1.43. The van der Waals surface area contributed by atoms with Crippen molar-refractivity contribution >= 4 is 34.9 Å². The van der Waals surface area contributed by atoms with Crippen LogP contribution in [0.1, 0.15) is 16.8 Å². The molecule has 1 aromatic rings. The number of esters is 1. The van der Waals surface area contributed by atoms with E-state index in [1.807, 2.05) is 0 Å². The number of carbonyl (C=O) groups is 3. The fourth-order valence-electron chi connectivity index (χ4n) is 1.85. The summed E-state index contributed by atoms with van der Waals surface area (Å²) in [6.07, 6.45) is -0.161. The molecule has 0 bridgehead atoms. The topological polar surface area (TPSA) is 63.7 Å². The van der Waals surface area contributed by atoms with Gasteiger partial charge in [-0.2, -0.15) is 0 Å². The van der Waals surface area contributed by atoms with Gasteiger partial charge < -0.3 is 9.64 Å². The third kappa shape index (κ3) is 2.09. The number of hydrogen-bond acceptors (Lipinski definition) is 4. The average molecular weight is 268 g/mol. The Morgan fingerprint density at radius 2 is 2.11 bits per heavy atom. The number of anilines is 1. The molecule has 94 valence electrons. The molecule has 1 fully saturated rings. The molecular weight excluding hydrogens is 258 g/mol. The molecule has 1 aliphatic heterocycles. The Morgan fingerprint density at radius 1 is 1.39 bits per heavy atom. The second-order valence-electron chi connectivity index (χ2n) is 3.82. The van der Waals surface area contributed by atoms with Crippen molar-refractivity contribution in [2.45, 2.75) is 6.42 Å². The molecule has 5 nitrogen and oxygen atoms in total. The van der Waals surface area contributed by atoms with Crippen LogP contribution in [0.15, 0.2) is 18.2 Å². The predicted molar refractivity (Wildman–Crippen MR) is 64.8 cm³/mol. The van der Waals surface area contributed by atoms with Crippen molar-refractivity contribution in [1.82, 2.24) is 0 Å². The number of para-hydroxylation sites is 1. The number of hydrogen-bond donors (Lipinski definition) is 0. The highest BCUT2D eigenvalue weighted by molar-refractivity contribution is 6.35. The third-order valence-electron chi connectivity index (χ3n) is 2.65. The summed E-state index contributed by atoms with van der Waals surface area (Å²) in [6, 6.07) is 4.64. The van der Waals surface area contributed by atoms with E-state index < -0.39 is 5.97 Å². The van der Waals surface area contributed by atoms with Gasteiger partial charge in [0.15, 0.2) is 5.78 Å². The first-order valence-electron chi connectivity index (χ1n) is 5.23. The molecule has 1 aliphatic rings. The van der Waals surface area contributed by atoms with Gasteiger partial charge in [0.1, 0.15) is 0 Å². The minimum atomic E-state index is -0.598. The monoisotopic (exact) mass is 267 g/mol. The van der Waals surface area contributed by atoms with Gasteiger partial charge in [-0.15, -0.1) is 0 Å². The summed E-state index contributed by atoms with van der Waals surface area (Å²) in [5.41, 5.74) is 0.412. The van der Waals surface area contributed by atoms with Crippen molar-refractivity contribution in [1.29, 1.82) is 0 Å².